The number of fused-ring (bicyclic) bond motifs is 1. The molecule has 11 heavy (non-hydrogen) atoms. The van der Waals surface area contributed by atoms with E-state index in [4.69, 9.17) is 9.47 Å². The van der Waals surface area contributed by atoms with Gasteiger partial charge in [0, 0.05) is 0 Å². The topological polar surface area (TPSA) is 18.5 Å². The molecule has 0 N–H and O–H groups in total. The zero-order valence-corrected chi connectivity index (χ0v) is 5.46. The van der Waals surface area contributed by atoms with Crippen LogP contribution in [0.1, 0.15) is 0 Å². The molecule has 0 saturated heterocycles. The van der Waals surface area contributed by atoms with Crippen LogP contribution in [0.5, 0.6) is 11.5 Å². The molecule has 1 aliphatic rings. The van der Waals surface area contributed by atoms with Crippen LogP contribution in [0.2, 0.25) is 0 Å². The summed E-state index contributed by atoms with van der Waals surface area (Å²) in [5, 5.41) is 0. The van der Waals surface area contributed by atoms with Gasteiger partial charge in [-0.05, 0) is 18.2 Å². The normalized spacial score (nSPS) is 13.5. The van der Waals surface area contributed by atoms with E-state index in [1.54, 1.807) is 6.07 Å². The number of ether oxygens (including phenoxy) is 2. The van der Waals surface area contributed by atoms with E-state index >= 15 is 0 Å². The molecule has 0 amide bonds. The van der Waals surface area contributed by atoms with Crippen molar-refractivity contribution < 1.29 is 9.47 Å². The van der Waals surface area contributed by atoms with Crippen molar-refractivity contribution in [1.82, 2.24) is 0 Å². The largest absolute Gasteiger partial charge is 0.486 e. The fourth-order valence-corrected chi connectivity index (χ4v) is 0.936. The van der Waals surface area contributed by atoms with Gasteiger partial charge in [-0.15, -0.1) is 0 Å². The van der Waals surface area contributed by atoms with E-state index in [0.717, 1.165) is 11.5 Å². The summed E-state index contributed by atoms with van der Waals surface area (Å²) in [7, 11) is 0. The average Bonchev–Trinajstić information content (AvgIpc) is 2.05. The van der Waals surface area contributed by atoms with Crippen molar-refractivity contribution >= 4 is 23.1 Å². The first-order chi connectivity index (χ1) is 4.97. The van der Waals surface area contributed by atoms with Crippen LogP contribution in [0.15, 0.2) is 18.2 Å². The second-order valence-corrected chi connectivity index (χ2v) is 2.07. The van der Waals surface area contributed by atoms with E-state index in [1.807, 2.05) is 12.1 Å². The molecule has 2 nitrogen and oxygen atoms in total. The van der Waals surface area contributed by atoms with Crippen molar-refractivity contribution in [3.63, 3.8) is 0 Å². The van der Waals surface area contributed by atoms with E-state index < -0.39 is 0 Å². The number of rotatable bonds is 0. The standard InChI is InChI=1S/C8H7O2.Mg.2H/c1-2-4-8-7(3-1)9-5-6-10-8;;;/h1,3-4H,5-6H2;;;. The van der Waals surface area contributed by atoms with E-state index in [1.165, 1.54) is 0 Å². The molecule has 0 fully saturated rings. The lowest BCUT2D eigenvalue weighted by atomic mass is 10.3. The quantitative estimate of drug-likeness (QED) is 0.511. The molecule has 1 heterocycles. The molecule has 0 unspecified atom stereocenters. The van der Waals surface area contributed by atoms with Crippen molar-refractivity contribution in [2.75, 3.05) is 13.2 Å². The maximum atomic E-state index is 5.28. The second-order valence-electron chi connectivity index (χ2n) is 2.07. The predicted octanol–water partition coefficient (Wildman–Crippen LogP) is 0.342. The Morgan fingerprint density at radius 1 is 1.18 bits per heavy atom. The van der Waals surface area contributed by atoms with Gasteiger partial charge in [-0.3, -0.25) is 0 Å². The van der Waals surface area contributed by atoms with Gasteiger partial charge < -0.3 is 9.47 Å². The maximum absolute atomic E-state index is 5.28. The van der Waals surface area contributed by atoms with Gasteiger partial charge in [0.2, 0.25) is 0 Å². The van der Waals surface area contributed by atoms with Crippen LogP contribution in [0.25, 0.3) is 0 Å². The number of benzene rings is 1. The zero-order chi connectivity index (χ0) is 6.81. The highest BCUT2D eigenvalue weighted by molar-refractivity contribution is 5.75. The van der Waals surface area contributed by atoms with Gasteiger partial charge in [-0.25, -0.2) is 0 Å². The Kier molecular flexibility index (Phi) is 3.02. The minimum absolute atomic E-state index is 0. The van der Waals surface area contributed by atoms with Gasteiger partial charge in [0.1, 0.15) is 13.2 Å². The molecule has 0 saturated carbocycles. The van der Waals surface area contributed by atoms with Crippen LogP contribution in [0.4, 0.5) is 0 Å². The van der Waals surface area contributed by atoms with Crippen molar-refractivity contribution in [2.24, 2.45) is 0 Å². The molecule has 3 heteroatoms. The fraction of sp³-hybridized carbons (Fsp3) is 0.250. The van der Waals surface area contributed by atoms with Crippen LogP contribution >= 0.6 is 0 Å². The molecule has 0 aliphatic carbocycles. The first kappa shape index (κ1) is 8.68. The third-order valence-corrected chi connectivity index (χ3v) is 1.39. The molecular weight excluding hydrogens is 152 g/mol. The van der Waals surface area contributed by atoms with Gasteiger partial charge in [0.05, 0.1) is 0 Å². The highest BCUT2D eigenvalue weighted by Gasteiger charge is 2.08. The van der Waals surface area contributed by atoms with E-state index in [-0.39, 0.29) is 23.1 Å². The molecule has 2 rings (SSSR count). The van der Waals surface area contributed by atoms with Gasteiger partial charge in [0.25, 0.3) is 0 Å². The highest BCUT2D eigenvalue weighted by atomic mass is 24.3. The molecule has 0 atom stereocenters. The van der Waals surface area contributed by atoms with E-state index in [2.05, 4.69) is 6.07 Å². The monoisotopic (exact) mass is 161 g/mol. The van der Waals surface area contributed by atoms with Crippen LogP contribution < -0.4 is 9.47 Å². The third-order valence-electron chi connectivity index (χ3n) is 1.39. The SMILES string of the molecule is [MgH2].[c]1ccc2c(c1)OCCO2. The molecule has 0 spiro atoms. The Hall–Kier alpha value is -0.414. The predicted molar refractivity (Wildman–Crippen MR) is 44.8 cm³/mol. The molecular formula is C8H9MgO2. The van der Waals surface area contributed by atoms with Crippen molar-refractivity contribution in [1.29, 1.82) is 0 Å². The van der Waals surface area contributed by atoms with Gasteiger partial charge >= 0.3 is 23.1 Å². The molecule has 1 aromatic carbocycles. The Labute approximate surface area is 81.7 Å². The summed E-state index contributed by atoms with van der Waals surface area (Å²) in [6, 6.07) is 8.37. The minimum Gasteiger partial charge on any atom is -0.486 e. The highest BCUT2D eigenvalue weighted by Crippen LogP contribution is 2.28. The molecule has 1 aromatic rings. The molecule has 1 radical (unpaired) electrons. The second kappa shape index (κ2) is 3.83. The summed E-state index contributed by atoms with van der Waals surface area (Å²) in [4.78, 5) is 0. The molecule has 0 bridgehead atoms. The summed E-state index contributed by atoms with van der Waals surface area (Å²) in [6.07, 6.45) is 0. The van der Waals surface area contributed by atoms with Crippen LogP contribution in [0, 0.1) is 6.07 Å². The summed E-state index contributed by atoms with van der Waals surface area (Å²) in [6.45, 7) is 1.29. The summed E-state index contributed by atoms with van der Waals surface area (Å²) >= 11 is 0. The zero-order valence-electron chi connectivity index (χ0n) is 5.46. The minimum atomic E-state index is 0. The van der Waals surface area contributed by atoms with Crippen molar-refractivity contribution in [2.45, 2.75) is 0 Å². The smallest absolute Gasteiger partial charge is 0.316 e. The fourth-order valence-electron chi connectivity index (χ4n) is 0.936. The Bertz CT molecular complexity index is 212. The molecule has 55 valence electrons. The van der Waals surface area contributed by atoms with E-state index in [9.17, 15) is 0 Å². The first-order valence-corrected chi connectivity index (χ1v) is 3.22. The van der Waals surface area contributed by atoms with Crippen LogP contribution in [0.3, 0.4) is 0 Å². The number of hydrogen-bond acceptors (Lipinski definition) is 2. The average molecular weight is 161 g/mol. The lowest BCUT2D eigenvalue weighted by Crippen LogP contribution is -2.14. The Morgan fingerprint density at radius 2 is 1.91 bits per heavy atom. The van der Waals surface area contributed by atoms with Crippen LogP contribution in [-0.2, 0) is 0 Å². The molecule has 1 aliphatic heterocycles. The summed E-state index contributed by atoms with van der Waals surface area (Å²) in [5.41, 5.74) is 0. The van der Waals surface area contributed by atoms with Gasteiger partial charge in [0.15, 0.2) is 11.5 Å². The lowest BCUT2D eigenvalue weighted by molar-refractivity contribution is 0.171. The first-order valence-electron chi connectivity index (χ1n) is 3.22. The summed E-state index contributed by atoms with van der Waals surface area (Å²) in [5.74, 6) is 1.62. The Balaban J connectivity index is 0.000000605. The number of hydrogen-bond donors (Lipinski definition) is 0. The van der Waals surface area contributed by atoms with E-state index in [0.29, 0.717) is 13.2 Å². The van der Waals surface area contributed by atoms with Crippen molar-refractivity contribution in [3.05, 3.63) is 24.3 Å². The van der Waals surface area contributed by atoms with Crippen LogP contribution in [-0.4, -0.2) is 36.3 Å². The lowest BCUT2D eigenvalue weighted by Gasteiger charge is -2.16. The van der Waals surface area contributed by atoms with Gasteiger partial charge in [-0.2, -0.15) is 0 Å². The molecule has 0 aromatic heterocycles. The van der Waals surface area contributed by atoms with Crippen molar-refractivity contribution in [3.8, 4) is 11.5 Å². The Morgan fingerprint density at radius 3 is 2.64 bits per heavy atom. The summed E-state index contributed by atoms with van der Waals surface area (Å²) < 4.78 is 10.5. The third kappa shape index (κ3) is 1.78. The maximum Gasteiger partial charge on any atom is 0.316 e. The van der Waals surface area contributed by atoms with Gasteiger partial charge in [-0.1, -0.05) is 6.07 Å².